The molecule has 1 atom stereocenters. The summed E-state index contributed by atoms with van der Waals surface area (Å²) in [5.41, 5.74) is 1.37. The van der Waals surface area contributed by atoms with E-state index < -0.39 is 10.0 Å². The molecule has 1 fully saturated rings. The fourth-order valence-electron chi connectivity index (χ4n) is 2.45. The molecule has 128 valence electrons. The second-order valence-corrected chi connectivity index (χ2v) is 7.64. The molecule has 1 aliphatic rings. The molecule has 5 nitrogen and oxygen atoms in total. The summed E-state index contributed by atoms with van der Waals surface area (Å²) < 4.78 is 38.0. The van der Waals surface area contributed by atoms with Crippen LogP contribution in [0.15, 0.2) is 53.4 Å². The minimum Gasteiger partial charge on any atom is -0.491 e. The van der Waals surface area contributed by atoms with E-state index in [4.69, 9.17) is 9.47 Å². The van der Waals surface area contributed by atoms with E-state index in [0.29, 0.717) is 29.4 Å². The average molecular weight is 347 g/mol. The van der Waals surface area contributed by atoms with E-state index in [2.05, 4.69) is 0 Å². The van der Waals surface area contributed by atoms with E-state index in [-0.39, 0.29) is 6.10 Å². The van der Waals surface area contributed by atoms with Gasteiger partial charge in [0.25, 0.3) is 10.0 Å². The molecule has 0 spiro atoms. The van der Waals surface area contributed by atoms with E-state index in [1.807, 2.05) is 25.1 Å². The lowest BCUT2D eigenvalue weighted by atomic mass is 10.1. The number of benzene rings is 2. The summed E-state index contributed by atoms with van der Waals surface area (Å²) in [6.07, 6.45) is 0.775. The predicted octanol–water partition coefficient (Wildman–Crippen LogP) is 2.85. The third-order valence-corrected chi connectivity index (χ3v) is 5.90. The van der Waals surface area contributed by atoms with E-state index in [1.165, 1.54) is 4.31 Å². The number of para-hydroxylation sites is 1. The summed E-state index contributed by atoms with van der Waals surface area (Å²) >= 11 is 0. The van der Waals surface area contributed by atoms with Gasteiger partial charge in [0.15, 0.2) is 0 Å². The Hall–Kier alpha value is -2.05. The van der Waals surface area contributed by atoms with Crippen molar-refractivity contribution in [1.29, 1.82) is 0 Å². The molecule has 1 saturated heterocycles. The molecule has 24 heavy (non-hydrogen) atoms. The standard InChI is InChI=1S/C18H21NO4S/c1-3-14-11-16(22-12-17-13-23-17)9-10-18(14)24(20,21)19(2)15-7-5-4-6-8-15/h4-11,17H,3,12-13H2,1-2H3. The molecule has 0 aliphatic carbocycles. The van der Waals surface area contributed by atoms with Crippen LogP contribution in [0.4, 0.5) is 5.69 Å². The van der Waals surface area contributed by atoms with Crippen LogP contribution < -0.4 is 9.04 Å². The van der Waals surface area contributed by atoms with Crippen LogP contribution in [0.1, 0.15) is 12.5 Å². The van der Waals surface area contributed by atoms with Crippen molar-refractivity contribution in [2.24, 2.45) is 0 Å². The van der Waals surface area contributed by atoms with Gasteiger partial charge in [-0.2, -0.15) is 0 Å². The Morgan fingerprint density at radius 3 is 2.54 bits per heavy atom. The molecule has 1 unspecified atom stereocenters. The first kappa shape index (κ1) is 16.8. The fourth-order valence-corrected chi connectivity index (χ4v) is 3.92. The number of sulfonamides is 1. The second kappa shape index (κ2) is 6.83. The first-order chi connectivity index (χ1) is 11.5. The topological polar surface area (TPSA) is 59.1 Å². The number of ether oxygens (including phenoxy) is 2. The van der Waals surface area contributed by atoms with Crippen molar-refractivity contribution in [2.75, 3.05) is 24.6 Å². The Kier molecular flexibility index (Phi) is 4.78. The highest BCUT2D eigenvalue weighted by molar-refractivity contribution is 7.92. The number of rotatable bonds is 7. The Labute approximate surface area is 142 Å². The Bertz CT molecular complexity index is 801. The van der Waals surface area contributed by atoms with Crippen molar-refractivity contribution in [3.05, 3.63) is 54.1 Å². The summed E-state index contributed by atoms with van der Waals surface area (Å²) in [7, 11) is -2.05. The minimum atomic E-state index is -3.62. The van der Waals surface area contributed by atoms with Crippen molar-refractivity contribution < 1.29 is 17.9 Å². The molecule has 0 amide bonds. The van der Waals surface area contributed by atoms with Crippen molar-refractivity contribution >= 4 is 15.7 Å². The summed E-state index contributed by atoms with van der Waals surface area (Å²) in [5, 5.41) is 0. The molecule has 0 bridgehead atoms. The average Bonchev–Trinajstić information content (AvgIpc) is 3.44. The number of anilines is 1. The van der Waals surface area contributed by atoms with Crippen LogP contribution in [-0.4, -0.2) is 34.8 Å². The number of epoxide rings is 1. The zero-order valence-electron chi connectivity index (χ0n) is 13.8. The number of hydrogen-bond acceptors (Lipinski definition) is 4. The van der Waals surface area contributed by atoms with Crippen LogP contribution >= 0.6 is 0 Å². The molecule has 0 saturated carbocycles. The molecule has 6 heteroatoms. The van der Waals surface area contributed by atoms with Gasteiger partial charge in [0.05, 0.1) is 17.2 Å². The van der Waals surface area contributed by atoms with Gasteiger partial charge in [-0.25, -0.2) is 8.42 Å². The van der Waals surface area contributed by atoms with Crippen molar-refractivity contribution in [3.63, 3.8) is 0 Å². The molecule has 0 N–H and O–H groups in total. The second-order valence-electron chi connectivity index (χ2n) is 5.70. The van der Waals surface area contributed by atoms with Gasteiger partial charge < -0.3 is 9.47 Å². The Morgan fingerprint density at radius 2 is 1.92 bits per heavy atom. The SMILES string of the molecule is CCc1cc(OCC2CO2)ccc1S(=O)(=O)N(C)c1ccccc1. The molecule has 0 aromatic heterocycles. The molecular weight excluding hydrogens is 326 g/mol. The van der Waals surface area contributed by atoms with Crippen molar-refractivity contribution in [2.45, 2.75) is 24.3 Å². The van der Waals surface area contributed by atoms with Gasteiger partial charge >= 0.3 is 0 Å². The maximum absolute atomic E-state index is 13.0. The van der Waals surface area contributed by atoms with E-state index in [1.54, 1.807) is 37.4 Å². The Balaban J connectivity index is 1.88. The normalized spacial score (nSPS) is 16.7. The molecular formula is C18H21NO4S. The molecule has 0 radical (unpaired) electrons. The first-order valence-corrected chi connectivity index (χ1v) is 9.37. The maximum atomic E-state index is 13.0. The van der Waals surface area contributed by atoms with E-state index in [0.717, 1.165) is 12.2 Å². The maximum Gasteiger partial charge on any atom is 0.264 e. The number of nitrogens with zero attached hydrogens (tertiary/aromatic N) is 1. The first-order valence-electron chi connectivity index (χ1n) is 7.93. The quantitative estimate of drug-likeness (QED) is 0.723. The van der Waals surface area contributed by atoms with Gasteiger partial charge in [0.2, 0.25) is 0 Å². The van der Waals surface area contributed by atoms with Crippen LogP contribution in [-0.2, 0) is 21.2 Å². The number of aryl methyl sites for hydroxylation is 1. The molecule has 3 rings (SSSR count). The monoisotopic (exact) mass is 347 g/mol. The highest BCUT2D eigenvalue weighted by Gasteiger charge is 2.25. The van der Waals surface area contributed by atoms with Gasteiger partial charge in [-0.05, 0) is 42.3 Å². The summed E-state index contributed by atoms with van der Waals surface area (Å²) in [4.78, 5) is 0.311. The predicted molar refractivity (Wildman–Crippen MR) is 93.1 cm³/mol. The van der Waals surface area contributed by atoms with Gasteiger partial charge in [0, 0.05) is 7.05 Å². The lowest BCUT2D eigenvalue weighted by Crippen LogP contribution is -2.27. The lowest BCUT2D eigenvalue weighted by Gasteiger charge is -2.21. The smallest absolute Gasteiger partial charge is 0.264 e. The molecule has 2 aromatic carbocycles. The number of hydrogen-bond donors (Lipinski definition) is 0. The zero-order valence-corrected chi connectivity index (χ0v) is 14.6. The van der Waals surface area contributed by atoms with E-state index in [9.17, 15) is 8.42 Å². The largest absolute Gasteiger partial charge is 0.491 e. The minimum absolute atomic E-state index is 0.169. The van der Waals surface area contributed by atoms with Crippen molar-refractivity contribution in [3.8, 4) is 5.75 Å². The zero-order chi connectivity index (χ0) is 17.2. The third-order valence-electron chi connectivity index (χ3n) is 4.01. The highest BCUT2D eigenvalue weighted by atomic mass is 32.2. The Morgan fingerprint density at radius 1 is 1.21 bits per heavy atom. The summed E-state index contributed by atoms with van der Waals surface area (Å²) in [6, 6.07) is 14.2. The van der Waals surface area contributed by atoms with Gasteiger partial charge in [-0.15, -0.1) is 0 Å². The summed E-state index contributed by atoms with van der Waals surface area (Å²) in [5.74, 6) is 0.670. The van der Waals surface area contributed by atoms with Crippen LogP contribution in [0.5, 0.6) is 5.75 Å². The highest BCUT2D eigenvalue weighted by Crippen LogP contribution is 2.28. The van der Waals surface area contributed by atoms with Crippen LogP contribution in [0, 0.1) is 0 Å². The molecule has 1 aliphatic heterocycles. The third kappa shape index (κ3) is 3.55. The molecule has 1 heterocycles. The van der Waals surface area contributed by atoms with Crippen molar-refractivity contribution in [1.82, 2.24) is 0 Å². The van der Waals surface area contributed by atoms with Crippen LogP contribution in [0.25, 0.3) is 0 Å². The van der Waals surface area contributed by atoms with Gasteiger partial charge in [-0.1, -0.05) is 25.1 Å². The van der Waals surface area contributed by atoms with Gasteiger partial charge in [-0.3, -0.25) is 4.31 Å². The van der Waals surface area contributed by atoms with Crippen LogP contribution in [0.2, 0.25) is 0 Å². The summed E-state index contributed by atoms with van der Waals surface area (Å²) in [6.45, 7) is 3.17. The van der Waals surface area contributed by atoms with E-state index >= 15 is 0 Å². The molecule has 2 aromatic rings. The lowest BCUT2D eigenvalue weighted by molar-refractivity contribution is 0.262. The van der Waals surface area contributed by atoms with Gasteiger partial charge in [0.1, 0.15) is 18.5 Å². The fraction of sp³-hybridized carbons (Fsp3) is 0.333. The van der Waals surface area contributed by atoms with Crippen LogP contribution in [0.3, 0.4) is 0 Å².